The van der Waals surface area contributed by atoms with Crippen molar-refractivity contribution in [1.82, 2.24) is 14.5 Å². The first-order chi connectivity index (χ1) is 11.3. The van der Waals surface area contributed by atoms with Crippen molar-refractivity contribution in [3.05, 3.63) is 29.8 Å². The molecule has 0 spiro atoms. The first kappa shape index (κ1) is 17.7. The summed E-state index contributed by atoms with van der Waals surface area (Å²) in [5, 5.41) is 3.25. The Labute approximate surface area is 139 Å². The Kier molecular flexibility index (Phi) is 4.87. The Balaban J connectivity index is 1.76. The van der Waals surface area contributed by atoms with Crippen molar-refractivity contribution >= 4 is 10.0 Å². The average molecular weight is 363 g/mol. The summed E-state index contributed by atoms with van der Waals surface area (Å²) in [6.45, 7) is 4.14. The molecule has 134 valence electrons. The normalized spacial score (nSPS) is 24.4. The fourth-order valence-corrected chi connectivity index (χ4v) is 4.79. The van der Waals surface area contributed by atoms with Crippen molar-refractivity contribution in [3.8, 4) is 0 Å². The Morgan fingerprint density at radius 3 is 2.50 bits per heavy atom. The fourth-order valence-electron chi connectivity index (χ4n) is 3.26. The maximum atomic E-state index is 12.8. The minimum absolute atomic E-state index is 0.132. The molecule has 1 unspecified atom stereocenters. The van der Waals surface area contributed by atoms with Crippen LogP contribution < -0.4 is 5.32 Å². The third-order valence-electron chi connectivity index (χ3n) is 4.59. The van der Waals surface area contributed by atoms with E-state index < -0.39 is 21.8 Å². The van der Waals surface area contributed by atoms with E-state index in [0.717, 1.165) is 38.3 Å². The second kappa shape index (κ2) is 6.62. The lowest BCUT2D eigenvalue weighted by Crippen LogP contribution is -2.49. The van der Waals surface area contributed by atoms with E-state index in [9.17, 15) is 21.6 Å². The van der Waals surface area contributed by atoms with Gasteiger partial charge in [0, 0.05) is 45.3 Å². The third kappa shape index (κ3) is 3.58. The molecule has 1 N–H and O–H groups in total. The fraction of sp³-hybridized carbons (Fsp3) is 0.600. The zero-order valence-electron chi connectivity index (χ0n) is 13.1. The summed E-state index contributed by atoms with van der Waals surface area (Å²) in [6.07, 6.45) is -3.85. The van der Waals surface area contributed by atoms with E-state index in [0.29, 0.717) is 25.6 Å². The summed E-state index contributed by atoms with van der Waals surface area (Å²) < 4.78 is 65.1. The van der Waals surface area contributed by atoms with E-state index in [1.54, 1.807) is 0 Å². The van der Waals surface area contributed by atoms with Gasteiger partial charge in [-0.2, -0.15) is 17.5 Å². The van der Waals surface area contributed by atoms with E-state index in [2.05, 4.69) is 10.2 Å². The molecule has 5 nitrogen and oxygen atoms in total. The van der Waals surface area contributed by atoms with Crippen LogP contribution in [-0.2, 0) is 16.2 Å². The van der Waals surface area contributed by atoms with E-state index >= 15 is 0 Å². The van der Waals surface area contributed by atoms with Gasteiger partial charge in [0.25, 0.3) is 0 Å². The molecule has 9 heteroatoms. The predicted octanol–water partition coefficient (Wildman–Crippen LogP) is 1.37. The SMILES string of the molecule is O=S(=O)(c1cccc(C(F)(F)F)c1)N1CCC(N2CCNCC2)C1. The van der Waals surface area contributed by atoms with Crippen molar-refractivity contribution in [2.24, 2.45) is 0 Å². The van der Waals surface area contributed by atoms with Crippen LogP contribution in [0.1, 0.15) is 12.0 Å². The van der Waals surface area contributed by atoms with Crippen LogP contribution in [0.3, 0.4) is 0 Å². The number of nitrogens with one attached hydrogen (secondary N) is 1. The molecule has 1 aromatic carbocycles. The number of benzene rings is 1. The number of piperazine rings is 1. The van der Waals surface area contributed by atoms with Crippen LogP contribution in [0.5, 0.6) is 0 Å². The van der Waals surface area contributed by atoms with Crippen molar-refractivity contribution in [2.45, 2.75) is 23.5 Å². The molecule has 1 aromatic rings. The van der Waals surface area contributed by atoms with Crippen LogP contribution in [0, 0.1) is 0 Å². The van der Waals surface area contributed by atoms with E-state index in [4.69, 9.17) is 0 Å². The summed E-state index contributed by atoms with van der Waals surface area (Å²) in [4.78, 5) is 1.95. The maximum Gasteiger partial charge on any atom is 0.416 e. The highest BCUT2D eigenvalue weighted by atomic mass is 32.2. The summed E-state index contributed by atoms with van der Waals surface area (Å²) in [5.74, 6) is 0. The molecule has 3 rings (SSSR count). The molecule has 0 bridgehead atoms. The molecule has 0 aromatic heterocycles. The number of sulfonamides is 1. The first-order valence-corrected chi connectivity index (χ1v) is 9.35. The van der Waals surface area contributed by atoms with Gasteiger partial charge in [0.2, 0.25) is 10.0 Å². The standard InChI is InChI=1S/C15H20F3N3O2S/c16-15(17,18)12-2-1-3-14(10-12)24(22,23)21-7-4-13(11-21)20-8-5-19-6-9-20/h1-3,10,13,19H,4-9,11H2. The second-order valence-electron chi connectivity index (χ2n) is 6.12. The Morgan fingerprint density at radius 1 is 1.12 bits per heavy atom. The quantitative estimate of drug-likeness (QED) is 0.882. The predicted molar refractivity (Wildman–Crippen MR) is 83.1 cm³/mol. The van der Waals surface area contributed by atoms with E-state index in [1.807, 2.05) is 0 Å². The molecule has 2 aliphatic heterocycles. The van der Waals surface area contributed by atoms with Crippen LogP contribution >= 0.6 is 0 Å². The van der Waals surface area contributed by atoms with Crippen molar-refractivity contribution < 1.29 is 21.6 Å². The smallest absolute Gasteiger partial charge is 0.314 e. The maximum absolute atomic E-state index is 12.8. The van der Waals surface area contributed by atoms with Crippen LogP contribution in [0.25, 0.3) is 0 Å². The number of alkyl halides is 3. The summed E-state index contributed by atoms with van der Waals surface area (Å²) in [6, 6.07) is 4.09. The lowest BCUT2D eigenvalue weighted by Gasteiger charge is -2.32. The Hall–Kier alpha value is -1.16. The van der Waals surface area contributed by atoms with Gasteiger partial charge < -0.3 is 5.32 Å². The Morgan fingerprint density at radius 2 is 1.83 bits per heavy atom. The number of halogens is 3. The van der Waals surface area contributed by atoms with Gasteiger partial charge in [0.15, 0.2) is 0 Å². The highest BCUT2D eigenvalue weighted by molar-refractivity contribution is 7.89. The molecule has 0 radical (unpaired) electrons. The average Bonchev–Trinajstić information content (AvgIpc) is 3.06. The van der Waals surface area contributed by atoms with Gasteiger partial charge in [-0.3, -0.25) is 4.90 Å². The monoisotopic (exact) mass is 363 g/mol. The van der Waals surface area contributed by atoms with E-state index in [-0.39, 0.29) is 10.9 Å². The molecular formula is C15H20F3N3O2S. The van der Waals surface area contributed by atoms with Crippen LogP contribution in [0.15, 0.2) is 29.2 Å². The minimum atomic E-state index is -4.56. The summed E-state index contributed by atoms with van der Waals surface area (Å²) in [7, 11) is -3.90. The third-order valence-corrected chi connectivity index (χ3v) is 6.45. The number of hydrogen-bond donors (Lipinski definition) is 1. The van der Waals surface area contributed by atoms with Gasteiger partial charge in [-0.1, -0.05) is 6.07 Å². The first-order valence-electron chi connectivity index (χ1n) is 7.91. The van der Waals surface area contributed by atoms with E-state index in [1.165, 1.54) is 10.4 Å². The van der Waals surface area contributed by atoms with Crippen LogP contribution in [-0.4, -0.2) is 62.9 Å². The summed E-state index contributed by atoms with van der Waals surface area (Å²) in [5.41, 5.74) is -0.943. The lowest BCUT2D eigenvalue weighted by molar-refractivity contribution is -0.137. The minimum Gasteiger partial charge on any atom is -0.314 e. The lowest BCUT2D eigenvalue weighted by atomic mass is 10.2. The largest absolute Gasteiger partial charge is 0.416 e. The molecule has 2 aliphatic rings. The van der Waals surface area contributed by atoms with Gasteiger partial charge in [-0.05, 0) is 24.6 Å². The topological polar surface area (TPSA) is 52.7 Å². The second-order valence-corrected chi connectivity index (χ2v) is 8.06. The van der Waals surface area contributed by atoms with Gasteiger partial charge in [0.1, 0.15) is 0 Å². The molecule has 1 atom stereocenters. The zero-order valence-corrected chi connectivity index (χ0v) is 13.9. The van der Waals surface area contributed by atoms with Gasteiger partial charge in [-0.25, -0.2) is 8.42 Å². The molecule has 0 aliphatic carbocycles. The van der Waals surface area contributed by atoms with Crippen LogP contribution in [0.4, 0.5) is 13.2 Å². The number of rotatable bonds is 3. The molecule has 2 heterocycles. The molecule has 0 amide bonds. The van der Waals surface area contributed by atoms with Crippen LogP contribution in [0.2, 0.25) is 0 Å². The molecule has 2 fully saturated rings. The Bertz CT molecular complexity index is 687. The van der Waals surface area contributed by atoms with Gasteiger partial charge >= 0.3 is 6.18 Å². The molecule has 0 saturated carbocycles. The molecule has 24 heavy (non-hydrogen) atoms. The van der Waals surface area contributed by atoms with Crippen molar-refractivity contribution in [3.63, 3.8) is 0 Å². The highest BCUT2D eigenvalue weighted by Crippen LogP contribution is 2.32. The number of hydrogen-bond acceptors (Lipinski definition) is 4. The summed E-state index contributed by atoms with van der Waals surface area (Å²) >= 11 is 0. The highest BCUT2D eigenvalue weighted by Gasteiger charge is 2.37. The van der Waals surface area contributed by atoms with Crippen molar-refractivity contribution in [1.29, 1.82) is 0 Å². The number of nitrogens with zero attached hydrogens (tertiary/aromatic N) is 2. The molecular weight excluding hydrogens is 343 g/mol. The van der Waals surface area contributed by atoms with Gasteiger partial charge in [-0.15, -0.1) is 0 Å². The van der Waals surface area contributed by atoms with Gasteiger partial charge in [0.05, 0.1) is 10.5 Å². The zero-order chi connectivity index (χ0) is 17.4. The van der Waals surface area contributed by atoms with Crippen molar-refractivity contribution in [2.75, 3.05) is 39.3 Å². The molecule has 2 saturated heterocycles.